The van der Waals surface area contributed by atoms with Crippen molar-refractivity contribution in [2.45, 2.75) is 31.8 Å². The first-order chi connectivity index (χ1) is 9.74. The molecule has 1 atom stereocenters. The molecule has 1 aromatic heterocycles. The molecule has 0 bridgehead atoms. The third-order valence-corrected chi connectivity index (χ3v) is 4.97. The SMILES string of the molecule is Cl.O=C(NCC(=O)N1CCc2sccc2C1)C1CCCN1. The van der Waals surface area contributed by atoms with Crippen molar-refractivity contribution < 1.29 is 9.59 Å². The molecule has 1 unspecified atom stereocenters. The van der Waals surface area contributed by atoms with Gasteiger partial charge < -0.3 is 15.5 Å². The normalized spacial score (nSPS) is 20.6. The van der Waals surface area contributed by atoms with E-state index in [9.17, 15) is 9.59 Å². The van der Waals surface area contributed by atoms with Crippen LogP contribution in [-0.2, 0) is 22.6 Å². The average Bonchev–Trinajstić information content (AvgIpc) is 3.13. The number of hydrogen-bond acceptors (Lipinski definition) is 4. The molecule has 2 aliphatic rings. The zero-order chi connectivity index (χ0) is 13.9. The molecule has 0 aliphatic carbocycles. The summed E-state index contributed by atoms with van der Waals surface area (Å²) in [6.45, 7) is 2.43. The Kier molecular flexibility index (Phi) is 5.61. The minimum absolute atomic E-state index is 0. The van der Waals surface area contributed by atoms with Crippen LogP contribution in [0.5, 0.6) is 0 Å². The lowest BCUT2D eigenvalue weighted by atomic mass is 10.1. The van der Waals surface area contributed by atoms with Gasteiger partial charge in [0.2, 0.25) is 11.8 Å². The number of fused-ring (bicyclic) bond motifs is 1. The van der Waals surface area contributed by atoms with Crippen molar-refractivity contribution in [1.29, 1.82) is 0 Å². The van der Waals surface area contributed by atoms with Crippen LogP contribution in [0.25, 0.3) is 0 Å². The number of rotatable bonds is 3. The molecule has 0 aromatic carbocycles. The number of nitrogens with one attached hydrogen (secondary N) is 2. The standard InChI is InChI=1S/C14H19N3O2S.ClH/c18-13(8-16-14(19)11-2-1-5-15-11)17-6-3-12-10(9-17)4-7-20-12;/h4,7,11,15H,1-3,5-6,8-9H2,(H,16,19);1H. The maximum atomic E-state index is 12.1. The minimum Gasteiger partial charge on any atom is -0.346 e. The van der Waals surface area contributed by atoms with Crippen LogP contribution in [0.4, 0.5) is 0 Å². The van der Waals surface area contributed by atoms with Gasteiger partial charge in [0.25, 0.3) is 0 Å². The second-order valence-corrected chi connectivity index (χ2v) is 6.30. The van der Waals surface area contributed by atoms with Crippen LogP contribution < -0.4 is 10.6 Å². The van der Waals surface area contributed by atoms with E-state index in [1.54, 1.807) is 11.3 Å². The highest BCUT2D eigenvalue weighted by Gasteiger charge is 2.24. The zero-order valence-corrected chi connectivity index (χ0v) is 13.4. The first-order valence-electron chi connectivity index (χ1n) is 7.08. The molecule has 21 heavy (non-hydrogen) atoms. The summed E-state index contributed by atoms with van der Waals surface area (Å²) < 4.78 is 0. The molecule has 1 aromatic rings. The summed E-state index contributed by atoms with van der Waals surface area (Å²) in [5.74, 6) is -0.0442. The van der Waals surface area contributed by atoms with Gasteiger partial charge in [-0.15, -0.1) is 23.7 Å². The number of carbonyl (C=O) groups excluding carboxylic acids is 2. The van der Waals surface area contributed by atoms with Gasteiger partial charge in [-0.25, -0.2) is 0 Å². The second-order valence-electron chi connectivity index (χ2n) is 5.30. The lowest BCUT2D eigenvalue weighted by Gasteiger charge is -2.27. The van der Waals surface area contributed by atoms with E-state index in [0.29, 0.717) is 6.54 Å². The van der Waals surface area contributed by atoms with Gasteiger partial charge in [0.05, 0.1) is 12.6 Å². The topological polar surface area (TPSA) is 61.4 Å². The van der Waals surface area contributed by atoms with Crippen LogP contribution >= 0.6 is 23.7 Å². The Labute approximate surface area is 134 Å². The maximum absolute atomic E-state index is 12.1. The van der Waals surface area contributed by atoms with E-state index in [1.165, 1.54) is 10.4 Å². The summed E-state index contributed by atoms with van der Waals surface area (Å²) in [7, 11) is 0. The maximum Gasteiger partial charge on any atom is 0.242 e. The summed E-state index contributed by atoms with van der Waals surface area (Å²) in [5.41, 5.74) is 1.25. The largest absolute Gasteiger partial charge is 0.346 e. The van der Waals surface area contributed by atoms with Crippen molar-refractivity contribution in [2.24, 2.45) is 0 Å². The molecule has 7 heteroatoms. The number of amides is 2. The lowest BCUT2D eigenvalue weighted by molar-refractivity contribution is -0.134. The van der Waals surface area contributed by atoms with E-state index >= 15 is 0 Å². The molecule has 2 N–H and O–H groups in total. The van der Waals surface area contributed by atoms with Crippen molar-refractivity contribution in [3.63, 3.8) is 0 Å². The second kappa shape index (κ2) is 7.24. The van der Waals surface area contributed by atoms with Gasteiger partial charge in [-0.2, -0.15) is 0 Å². The minimum atomic E-state index is -0.118. The summed E-state index contributed by atoms with van der Waals surface area (Å²) >= 11 is 1.76. The van der Waals surface area contributed by atoms with Crippen LogP contribution in [-0.4, -0.2) is 42.4 Å². The molecule has 2 aliphatic heterocycles. The zero-order valence-electron chi connectivity index (χ0n) is 11.8. The first-order valence-corrected chi connectivity index (χ1v) is 7.96. The summed E-state index contributed by atoms with van der Waals surface area (Å²) in [5, 5.41) is 7.96. The van der Waals surface area contributed by atoms with E-state index < -0.39 is 0 Å². The van der Waals surface area contributed by atoms with Gasteiger partial charge in [0, 0.05) is 18.0 Å². The number of nitrogens with zero attached hydrogens (tertiary/aromatic N) is 1. The molecule has 3 rings (SSSR count). The predicted molar refractivity (Wildman–Crippen MR) is 84.7 cm³/mol. The van der Waals surface area contributed by atoms with Crippen LogP contribution in [0.2, 0.25) is 0 Å². The Morgan fingerprint density at radius 3 is 3.10 bits per heavy atom. The monoisotopic (exact) mass is 329 g/mol. The van der Waals surface area contributed by atoms with Crippen molar-refractivity contribution in [2.75, 3.05) is 19.6 Å². The molecule has 3 heterocycles. The lowest BCUT2D eigenvalue weighted by Crippen LogP contribution is -2.46. The van der Waals surface area contributed by atoms with E-state index in [0.717, 1.165) is 32.4 Å². The predicted octanol–water partition coefficient (Wildman–Crippen LogP) is 0.923. The number of thiophene rings is 1. The summed E-state index contributed by atoms with van der Waals surface area (Å²) in [6.07, 6.45) is 2.82. The van der Waals surface area contributed by atoms with Crippen LogP contribution in [0.15, 0.2) is 11.4 Å². The molecule has 2 amide bonds. The molecule has 0 spiro atoms. The molecule has 1 fully saturated rings. The van der Waals surface area contributed by atoms with Crippen LogP contribution in [0, 0.1) is 0 Å². The number of halogens is 1. The molecule has 5 nitrogen and oxygen atoms in total. The Bertz CT molecular complexity index is 514. The van der Waals surface area contributed by atoms with E-state index in [-0.39, 0.29) is 36.8 Å². The molecule has 1 saturated heterocycles. The molecule has 116 valence electrons. The van der Waals surface area contributed by atoms with Gasteiger partial charge in [-0.05, 0) is 42.8 Å². The van der Waals surface area contributed by atoms with Crippen molar-refractivity contribution >= 4 is 35.6 Å². The van der Waals surface area contributed by atoms with E-state index in [2.05, 4.69) is 22.1 Å². The van der Waals surface area contributed by atoms with Gasteiger partial charge >= 0.3 is 0 Å². The van der Waals surface area contributed by atoms with Gasteiger partial charge in [0.15, 0.2) is 0 Å². The summed E-state index contributed by atoms with van der Waals surface area (Å²) in [4.78, 5) is 27.2. The Hall–Kier alpha value is -1.11. The highest BCUT2D eigenvalue weighted by atomic mass is 35.5. The first kappa shape index (κ1) is 16.3. The summed E-state index contributed by atoms with van der Waals surface area (Å²) in [6, 6.07) is 1.97. The molecule has 0 radical (unpaired) electrons. The Morgan fingerprint density at radius 2 is 2.33 bits per heavy atom. The van der Waals surface area contributed by atoms with Crippen molar-refractivity contribution in [1.82, 2.24) is 15.5 Å². The fraction of sp³-hybridized carbons (Fsp3) is 0.571. The van der Waals surface area contributed by atoms with E-state index in [1.807, 2.05) is 4.90 Å². The average molecular weight is 330 g/mol. The third kappa shape index (κ3) is 3.75. The fourth-order valence-electron chi connectivity index (χ4n) is 2.77. The molecular weight excluding hydrogens is 310 g/mol. The number of hydrogen-bond donors (Lipinski definition) is 2. The quantitative estimate of drug-likeness (QED) is 0.867. The van der Waals surface area contributed by atoms with Crippen LogP contribution in [0.3, 0.4) is 0 Å². The molecule has 0 saturated carbocycles. The third-order valence-electron chi connectivity index (χ3n) is 3.95. The van der Waals surface area contributed by atoms with Gasteiger partial charge in [-0.3, -0.25) is 9.59 Å². The Morgan fingerprint density at radius 1 is 1.48 bits per heavy atom. The Balaban J connectivity index is 0.00000161. The fourth-order valence-corrected chi connectivity index (χ4v) is 3.66. The number of carbonyl (C=O) groups is 2. The van der Waals surface area contributed by atoms with E-state index in [4.69, 9.17) is 0 Å². The van der Waals surface area contributed by atoms with Crippen LogP contribution in [0.1, 0.15) is 23.3 Å². The highest BCUT2D eigenvalue weighted by Crippen LogP contribution is 2.23. The molecular formula is C14H20ClN3O2S. The van der Waals surface area contributed by atoms with Gasteiger partial charge in [-0.1, -0.05) is 0 Å². The van der Waals surface area contributed by atoms with Gasteiger partial charge in [0.1, 0.15) is 0 Å². The van der Waals surface area contributed by atoms with Crippen molar-refractivity contribution in [3.8, 4) is 0 Å². The smallest absolute Gasteiger partial charge is 0.242 e. The highest BCUT2D eigenvalue weighted by molar-refractivity contribution is 7.10. The van der Waals surface area contributed by atoms with Crippen molar-refractivity contribution in [3.05, 3.63) is 21.9 Å².